The molecule has 3 aromatic rings. The van der Waals surface area contributed by atoms with Crippen molar-refractivity contribution in [2.75, 3.05) is 19.6 Å². The largest absolute Gasteiger partial charge is 0.333 e. The Balaban J connectivity index is 1.42. The van der Waals surface area contributed by atoms with Gasteiger partial charge in [0.25, 0.3) is 10.2 Å². The lowest BCUT2D eigenvalue weighted by Gasteiger charge is -2.32. The molecule has 42 heavy (non-hydrogen) atoms. The molecule has 3 aliphatic rings. The Morgan fingerprint density at radius 1 is 1.21 bits per heavy atom. The van der Waals surface area contributed by atoms with Crippen molar-refractivity contribution in [2.45, 2.75) is 51.2 Å². The average molecular weight is 640 g/mol. The van der Waals surface area contributed by atoms with Gasteiger partial charge in [0.1, 0.15) is 11.9 Å². The number of benzene rings is 1. The summed E-state index contributed by atoms with van der Waals surface area (Å²) in [6.45, 7) is 0.430. The first-order chi connectivity index (χ1) is 20.1. The Kier molecular flexibility index (Phi) is 8.17. The molecule has 0 spiro atoms. The predicted molar refractivity (Wildman–Crippen MR) is 155 cm³/mol. The molecule has 2 atom stereocenters. The number of halogens is 4. The zero-order chi connectivity index (χ0) is 29.6. The van der Waals surface area contributed by atoms with Gasteiger partial charge in [-0.05, 0) is 37.0 Å². The number of thiazole rings is 1. The van der Waals surface area contributed by atoms with Gasteiger partial charge in [-0.1, -0.05) is 31.0 Å². The van der Waals surface area contributed by atoms with Crippen molar-refractivity contribution < 1.29 is 21.6 Å². The van der Waals surface area contributed by atoms with Crippen LogP contribution in [0.25, 0.3) is 5.57 Å². The van der Waals surface area contributed by atoms with Crippen LogP contribution in [0, 0.1) is 11.7 Å². The number of rotatable bonds is 8. The fraction of sp³-hybridized carbons (Fsp3) is 0.444. The summed E-state index contributed by atoms with van der Waals surface area (Å²) in [6.07, 6.45) is 5.73. The SMILES string of the molecule is CCC1CCN(S(=O)(=O)N[C@H]2CC3=C(c4ccn(C(F)F)n4)[C@H](c4ccc(F)cc4Cl)N=C(c4nccs4)N3C2)CC1. The van der Waals surface area contributed by atoms with Crippen molar-refractivity contribution in [3.8, 4) is 0 Å². The second kappa shape index (κ2) is 11.7. The van der Waals surface area contributed by atoms with Crippen molar-refractivity contribution >= 4 is 44.6 Å². The van der Waals surface area contributed by atoms with E-state index < -0.39 is 34.7 Å². The van der Waals surface area contributed by atoms with E-state index in [-0.39, 0.29) is 23.7 Å². The fourth-order valence-electron chi connectivity index (χ4n) is 5.88. The molecule has 2 aromatic heterocycles. The molecule has 0 amide bonds. The maximum absolute atomic E-state index is 14.0. The molecule has 224 valence electrons. The summed E-state index contributed by atoms with van der Waals surface area (Å²) < 4.78 is 72.9. The highest BCUT2D eigenvalue weighted by Crippen LogP contribution is 2.46. The second-order valence-corrected chi connectivity index (χ2v) is 13.6. The Labute approximate surface area is 250 Å². The van der Waals surface area contributed by atoms with E-state index in [4.69, 9.17) is 16.6 Å². The second-order valence-electron chi connectivity index (χ2n) is 10.6. The monoisotopic (exact) mass is 639 g/mol. The molecule has 0 unspecified atom stereocenters. The van der Waals surface area contributed by atoms with Gasteiger partial charge in [0.05, 0.1) is 5.69 Å². The number of fused-ring (bicyclic) bond motifs is 1. The summed E-state index contributed by atoms with van der Waals surface area (Å²) in [5.41, 5.74) is 1.86. The van der Waals surface area contributed by atoms with Gasteiger partial charge in [0.2, 0.25) is 0 Å². The van der Waals surface area contributed by atoms with Crippen molar-refractivity contribution in [1.82, 2.24) is 28.7 Å². The molecule has 0 saturated carbocycles. The van der Waals surface area contributed by atoms with Crippen molar-refractivity contribution in [3.05, 3.63) is 74.8 Å². The number of aromatic nitrogens is 3. The van der Waals surface area contributed by atoms with Crippen LogP contribution in [0.5, 0.6) is 0 Å². The number of aliphatic imine (C=N–C) groups is 1. The van der Waals surface area contributed by atoms with E-state index in [1.807, 2.05) is 4.90 Å². The van der Waals surface area contributed by atoms with Crippen LogP contribution in [0.4, 0.5) is 13.2 Å². The van der Waals surface area contributed by atoms with Gasteiger partial charge in [-0.3, -0.25) is 4.99 Å². The first-order valence-corrected chi connectivity index (χ1v) is 16.4. The normalized spacial score (nSPS) is 22.2. The number of hydrogen-bond donors (Lipinski definition) is 1. The Morgan fingerprint density at radius 2 is 2.00 bits per heavy atom. The third kappa shape index (κ3) is 5.62. The molecule has 1 aromatic carbocycles. The maximum Gasteiger partial charge on any atom is 0.333 e. The van der Waals surface area contributed by atoms with E-state index in [1.54, 1.807) is 11.6 Å². The Morgan fingerprint density at radius 3 is 2.64 bits per heavy atom. The van der Waals surface area contributed by atoms with Crippen LogP contribution in [-0.2, 0) is 10.2 Å². The highest BCUT2D eigenvalue weighted by atomic mass is 35.5. The lowest BCUT2D eigenvalue weighted by molar-refractivity contribution is 0.0564. The Bertz CT molecular complexity index is 1620. The minimum Gasteiger partial charge on any atom is -0.326 e. The van der Waals surface area contributed by atoms with Gasteiger partial charge in [-0.15, -0.1) is 11.3 Å². The van der Waals surface area contributed by atoms with Crippen molar-refractivity contribution in [1.29, 1.82) is 0 Å². The van der Waals surface area contributed by atoms with E-state index in [9.17, 15) is 21.6 Å². The van der Waals surface area contributed by atoms with Crippen LogP contribution < -0.4 is 4.72 Å². The predicted octanol–water partition coefficient (Wildman–Crippen LogP) is 5.47. The summed E-state index contributed by atoms with van der Waals surface area (Å²) in [5.74, 6) is 0.484. The summed E-state index contributed by atoms with van der Waals surface area (Å²) in [4.78, 5) is 11.3. The summed E-state index contributed by atoms with van der Waals surface area (Å²) in [5, 5.41) is 6.65. The highest BCUT2D eigenvalue weighted by Gasteiger charge is 2.42. The third-order valence-electron chi connectivity index (χ3n) is 8.03. The summed E-state index contributed by atoms with van der Waals surface area (Å²) >= 11 is 7.87. The molecule has 2 saturated heterocycles. The van der Waals surface area contributed by atoms with E-state index in [2.05, 4.69) is 21.7 Å². The highest BCUT2D eigenvalue weighted by molar-refractivity contribution is 7.87. The number of hydrogen-bond acceptors (Lipinski definition) is 7. The van der Waals surface area contributed by atoms with Gasteiger partial charge in [0.15, 0.2) is 10.8 Å². The van der Waals surface area contributed by atoms with Crippen molar-refractivity contribution in [3.63, 3.8) is 0 Å². The van der Waals surface area contributed by atoms with E-state index in [0.717, 1.165) is 19.3 Å². The zero-order valence-electron chi connectivity index (χ0n) is 22.6. The third-order valence-corrected chi connectivity index (χ3v) is 10.8. The Hall–Kier alpha value is -2.78. The van der Waals surface area contributed by atoms with Crippen LogP contribution in [0.15, 0.2) is 52.7 Å². The molecule has 0 bridgehead atoms. The van der Waals surface area contributed by atoms with Gasteiger partial charge in [0, 0.05) is 71.7 Å². The number of alkyl halides is 2. The maximum atomic E-state index is 14.0. The van der Waals surface area contributed by atoms with Gasteiger partial charge in [-0.25, -0.2) is 14.1 Å². The summed E-state index contributed by atoms with van der Waals surface area (Å²) in [6, 6.07) is 4.06. The fourth-order valence-corrected chi connectivity index (χ4v) is 8.21. The number of nitrogens with zero attached hydrogens (tertiary/aromatic N) is 6. The number of amidine groups is 1. The molecular weight excluding hydrogens is 611 g/mol. The molecule has 0 aliphatic carbocycles. The number of piperidine rings is 1. The number of nitrogens with one attached hydrogen (secondary N) is 1. The van der Waals surface area contributed by atoms with Gasteiger partial charge >= 0.3 is 6.55 Å². The molecule has 2 fully saturated rings. The first-order valence-electron chi connectivity index (χ1n) is 13.7. The van der Waals surface area contributed by atoms with Crippen LogP contribution in [-0.4, -0.2) is 63.9 Å². The molecule has 6 rings (SSSR count). The molecule has 3 aliphatic heterocycles. The smallest absolute Gasteiger partial charge is 0.326 e. The molecule has 5 heterocycles. The van der Waals surface area contributed by atoms with E-state index in [0.29, 0.717) is 51.4 Å². The minimum absolute atomic E-state index is 0.118. The first kappa shape index (κ1) is 29.3. The standard InChI is InChI=1S/C27H29ClF3N7O2S2/c1-2-16-5-9-36(10-6-16)42(39,40)35-18-14-22-23(21-7-11-38(34-21)27(30)31)24(19-4-3-17(29)13-20(19)28)33-25(37(22)15-18)26-32-8-12-41-26/h3-4,7-8,11-13,16,18,24,27,35H,2,5-6,9-10,14-15H2,1H3/t18-,24-/m0/s1. The van der Waals surface area contributed by atoms with Crippen LogP contribution >= 0.6 is 22.9 Å². The quantitative estimate of drug-likeness (QED) is 0.353. The minimum atomic E-state index is -3.78. The summed E-state index contributed by atoms with van der Waals surface area (Å²) in [7, 11) is -3.78. The molecule has 9 nitrogen and oxygen atoms in total. The topological polar surface area (TPSA) is 95.7 Å². The molecular formula is C27H29ClF3N7O2S2. The average Bonchev–Trinajstić information content (AvgIpc) is 3.73. The van der Waals surface area contributed by atoms with Crippen LogP contribution in [0.3, 0.4) is 0 Å². The lowest BCUT2D eigenvalue weighted by Crippen LogP contribution is -2.49. The molecule has 1 N–H and O–H groups in total. The van der Waals surface area contributed by atoms with Crippen LogP contribution in [0.2, 0.25) is 5.02 Å². The van der Waals surface area contributed by atoms with Gasteiger partial charge in [-0.2, -0.15) is 31.3 Å². The molecule has 0 radical (unpaired) electrons. The van der Waals surface area contributed by atoms with Crippen LogP contribution in [0.1, 0.15) is 61.5 Å². The zero-order valence-corrected chi connectivity index (χ0v) is 25.0. The van der Waals surface area contributed by atoms with E-state index in [1.165, 1.54) is 46.1 Å². The lowest BCUT2D eigenvalue weighted by atomic mass is 9.92. The van der Waals surface area contributed by atoms with E-state index >= 15 is 0 Å². The molecule has 15 heteroatoms. The van der Waals surface area contributed by atoms with Crippen molar-refractivity contribution in [2.24, 2.45) is 10.9 Å². The van der Waals surface area contributed by atoms with Gasteiger partial charge < -0.3 is 4.90 Å².